The second kappa shape index (κ2) is 8.57. The predicted octanol–water partition coefficient (Wildman–Crippen LogP) is 5.84. The number of rotatable bonds is 6. The van der Waals surface area contributed by atoms with Gasteiger partial charge in [0.15, 0.2) is 0 Å². The van der Waals surface area contributed by atoms with Crippen molar-refractivity contribution in [2.24, 2.45) is 10.8 Å². The molecule has 0 aliphatic carbocycles. The molecule has 0 saturated carbocycles. The Morgan fingerprint density at radius 3 is 2.35 bits per heavy atom. The molecule has 4 rings (SSSR count). The van der Waals surface area contributed by atoms with Gasteiger partial charge in [-0.1, -0.05) is 70.0 Å². The molecule has 31 heavy (non-hydrogen) atoms. The molecule has 1 aromatic carbocycles. The van der Waals surface area contributed by atoms with Gasteiger partial charge in [-0.15, -0.1) is 5.10 Å². The molecule has 2 aliphatic rings. The lowest BCUT2D eigenvalue weighted by molar-refractivity contribution is 0.0740. The average Bonchev–Trinajstić information content (AvgIpc) is 3.42. The Balaban J connectivity index is 1.54. The lowest BCUT2D eigenvalue weighted by atomic mass is 9.77. The zero-order valence-corrected chi connectivity index (χ0v) is 20.3. The Labute approximate surface area is 188 Å². The summed E-state index contributed by atoms with van der Waals surface area (Å²) >= 11 is 0. The number of likely N-dealkylation sites (tertiary alicyclic amines) is 1. The highest BCUT2D eigenvalue weighted by molar-refractivity contribution is 5.30. The molecule has 1 aromatic heterocycles. The Morgan fingerprint density at radius 1 is 0.968 bits per heavy atom. The van der Waals surface area contributed by atoms with Crippen molar-refractivity contribution in [3.8, 4) is 0 Å². The number of nitrogens with zero attached hydrogens (tertiary/aromatic N) is 4. The molecule has 0 N–H and O–H groups in total. The van der Waals surface area contributed by atoms with Gasteiger partial charge in [0.1, 0.15) is 0 Å². The zero-order valence-electron chi connectivity index (χ0n) is 20.3. The van der Waals surface area contributed by atoms with Crippen LogP contribution < -0.4 is 4.90 Å². The summed E-state index contributed by atoms with van der Waals surface area (Å²) in [5.74, 6) is 0.649. The summed E-state index contributed by atoms with van der Waals surface area (Å²) in [6.07, 6.45) is 6.15. The van der Waals surface area contributed by atoms with Crippen molar-refractivity contribution in [1.29, 1.82) is 0 Å². The fraction of sp³-hybridized carbons (Fsp3) is 0.692. The van der Waals surface area contributed by atoms with Crippen LogP contribution in [0.1, 0.15) is 78.2 Å². The van der Waals surface area contributed by atoms with E-state index in [9.17, 15) is 0 Å². The minimum Gasteiger partial charge on any atom is -0.408 e. The van der Waals surface area contributed by atoms with Gasteiger partial charge in [0.05, 0.1) is 0 Å². The number of anilines is 1. The summed E-state index contributed by atoms with van der Waals surface area (Å²) in [6, 6.07) is 13.4. The molecule has 3 atom stereocenters. The van der Waals surface area contributed by atoms with E-state index in [0.717, 1.165) is 13.1 Å². The average molecular weight is 425 g/mol. The van der Waals surface area contributed by atoms with Gasteiger partial charge in [0, 0.05) is 38.1 Å². The molecule has 2 aromatic rings. The SMILES string of the molecule is Cc1nnc(N2CCCC2C(C)(C)CC2CCC(C(C)(C)C)N2Cc2ccccc2)o1. The minimum atomic E-state index is 0.172. The molecule has 2 saturated heterocycles. The van der Waals surface area contributed by atoms with Crippen LogP contribution in [-0.2, 0) is 6.54 Å². The summed E-state index contributed by atoms with van der Waals surface area (Å²) in [5.41, 5.74) is 1.88. The normalized spacial score (nSPS) is 25.5. The van der Waals surface area contributed by atoms with E-state index in [1.165, 1.54) is 37.7 Å². The first kappa shape index (κ1) is 22.3. The maximum Gasteiger partial charge on any atom is 0.318 e. The third kappa shape index (κ3) is 4.82. The standard InChI is InChI=1S/C26H40N4O/c1-19-27-28-24(31-19)29-16-10-13-23(29)26(5,6)17-21-14-15-22(25(2,3)4)30(21)18-20-11-8-7-9-12-20/h7-9,11-12,21-23H,10,13-18H2,1-6H3. The second-order valence-electron chi connectivity index (χ2n) is 11.4. The van der Waals surface area contributed by atoms with Crippen molar-refractivity contribution in [2.75, 3.05) is 11.4 Å². The maximum atomic E-state index is 5.82. The van der Waals surface area contributed by atoms with Crippen molar-refractivity contribution in [3.05, 3.63) is 41.8 Å². The summed E-state index contributed by atoms with van der Waals surface area (Å²) in [4.78, 5) is 5.19. The Hall–Kier alpha value is -1.88. The van der Waals surface area contributed by atoms with E-state index >= 15 is 0 Å². The van der Waals surface area contributed by atoms with Crippen LogP contribution in [-0.4, -0.2) is 39.8 Å². The topological polar surface area (TPSA) is 45.4 Å². The van der Waals surface area contributed by atoms with Crippen molar-refractivity contribution in [1.82, 2.24) is 15.1 Å². The molecule has 2 aliphatic heterocycles. The number of hydrogen-bond donors (Lipinski definition) is 0. The van der Waals surface area contributed by atoms with Gasteiger partial charge in [0.25, 0.3) is 0 Å². The monoisotopic (exact) mass is 424 g/mol. The lowest BCUT2D eigenvalue weighted by Crippen LogP contribution is -2.47. The van der Waals surface area contributed by atoms with Crippen LogP contribution in [0, 0.1) is 17.8 Å². The van der Waals surface area contributed by atoms with E-state index in [0.29, 0.717) is 30.0 Å². The highest BCUT2D eigenvalue weighted by Crippen LogP contribution is 2.45. The van der Waals surface area contributed by atoms with Crippen LogP contribution in [0.2, 0.25) is 0 Å². The van der Waals surface area contributed by atoms with E-state index in [2.05, 4.69) is 84.9 Å². The van der Waals surface area contributed by atoms with E-state index in [-0.39, 0.29) is 10.8 Å². The molecule has 0 amide bonds. The zero-order chi connectivity index (χ0) is 22.2. The van der Waals surface area contributed by atoms with Crippen LogP contribution >= 0.6 is 0 Å². The van der Waals surface area contributed by atoms with Gasteiger partial charge in [-0.05, 0) is 48.5 Å². The molecule has 3 unspecified atom stereocenters. The molecule has 0 radical (unpaired) electrons. The smallest absolute Gasteiger partial charge is 0.318 e. The van der Waals surface area contributed by atoms with Crippen LogP contribution in [0.4, 0.5) is 6.01 Å². The molecule has 5 heteroatoms. The highest BCUT2D eigenvalue weighted by Gasteiger charge is 2.45. The van der Waals surface area contributed by atoms with Crippen LogP contribution in [0.25, 0.3) is 0 Å². The molecular formula is C26H40N4O. The number of benzene rings is 1. The molecule has 5 nitrogen and oxygen atoms in total. The summed E-state index contributed by atoms with van der Waals surface area (Å²) in [7, 11) is 0. The highest BCUT2D eigenvalue weighted by atomic mass is 16.4. The molecule has 2 fully saturated rings. The van der Waals surface area contributed by atoms with E-state index in [1.807, 2.05) is 6.92 Å². The van der Waals surface area contributed by atoms with Crippen LogP contribution in [0.15, 0.2) is 34.7 Å². The summed E-state index contributed by atoms with van der Waals surface area (Å²) in [5, 5.41) is 8.42. The Morgan fingerprint density at radius 2 is 1.71 bits per heavy atom. The van der Waals surface area contributed by atoms with Crippen LogP contribution in [0.5, 0.6) is 0 Å². The molecule has 3 heterocycles. The third-order valence-electron chi connectivity index (χ3n) is 7.53. The first-order valence-corrected chi connectivity index (χ1v) is 12.0. The van der Waals surface area contributed by atoms with E-state index < -0.39 is 0 Å². The second-order valence-corrected chi connectivity index (χ2v) is 11.4. The predicted molar refractivity (Wildman–Crippen MR) is 126 cm³/mol. The molecule has 170 valence electrons. The van der Waals surface area contributed by atoms with Gasteiger partial charge < -0.3 is 9.32 Å². The van der Waals surface area contributed by atoms with E-state index in [1.54, 1.807) is 0 Å². The largest absolute Gasteiger partial charge is 0.408 e. The number of hydrogen-bond acceptors (Lipinski definition) is 5. The minimum absolute atomic E-state index is 0.172. The van der Waals surface area contributed by atoms with E-state index in [4.69, 9.17) is 4.42 Å². The summed E-state index contributed by atoms with van der Waals surface area (Å²) in [6.45, 7) is 16.0. The lowest BCUT2D eigenvalue weighted by Gasteiger charge is -2.43. The first-order chi connectivity index (χ1) is 14.6. The van der Waals surface area contributed by atoms with Crippen molar-refractivity contribution in [3.63, 3.8) is 0 Å². The molecule has 0 spiro atoms. The van der Waals surface area contributed by atoms with Gasteiger partial charge in [-0.3, -0.25) is 4.90 Å². The maximum absolute atomic E-state index is 5.82. The van der Waals surface area contributed by atoms with Gasteiger partial charge in [0.2, 0.25) is 5.89 Å². The van der Waals surface area contributed by atoms with Crippen molar-refractivity contribution in [2.45, 2.75) is 98.3 Å². The molecule has 0 bridgehead atoms. The Bertz CT molecular complexity index is 854. The van der Waals surface area contributed by atoms with Crippen molar-refractivity contribution < 1.29 is 4.42 Å². The fourth-order valence-electron chi connectivity index (χ4n) is 6.07. The first-order valence-electron chi connectivity index (χ1n) is 12.0. The van der Waals surface area contributed by atoms with Gasteiger partial charge >= 0.3 is 6.01 Å². The fourth-order valence-corrected chi connectivity index (χ4v) is 6.07. The quantitative estimate of drug-likeness (QED) is 0.583. The van der Waals surface area contributed by atoms with Gasteiger partial charge in [-0.25, -0.2) is 0 Å². The third-order valence-corrected chi connectivity index (χ3v) is 7.53. The van der Waals surface area contributed by atoms with Crippen molar-refractivity contribution >= 4 is 6.01 Å². The van der Waals surface area contributed by atoms with Crippen LogP contribution in [0.3, 0.4) is 0 Å². The Kier molecular flexibility index (Phi) is 6.17. The summed E-state index contributed by atoms with van der Waals surface area (Å²) < 4.78 is 5.82. The molecular weight excluding hydrogens is 384 g/mol. The van der Waals surface area contributed by atoms with Gasteiger partial charge in [-0.2, -0.15) is 0 Å². The number of aromatic nitrogens is 2. The number of aryl methyl sites for hydroxylation is 1.